The molecule has 2 saturated heterocycles. The molecule has 1 aromatic rings. The van der Waals surface area contributed by atoms with Gasteiger partial charge < -0.3 is 19.5 Å². The molecular weight excluding hydrogens is 316 g/mol. The highest BCUT2D eigenvalue weighted by molar-refractivity contribution is 5.43. The summed E-state index contributed by atoms with van der Waals surface area (Å²) in [5, 5.41) is 9.47. The third-order valence-corrected chi connectivity index (χ3v) is 5.41. The average Bonchev–Trinajstić information content (AvgIpc) is 2.89. The number of ether oxygens (including phenoxy) is 2. The summed E-state index contributed by atoms with van der Waals surface area (Å²) in [7, 11) is 3.82. The van der Waals surface area contributed by atoms with E-state index in [2.05, 4.69) is 42.8 Å². The summed E-state index contributed by atoms with van der Waals surface area (Å²) in [6.07, 6.45) is 1.11. The van der Waals surface area contributed by atoms with Crippen LogP contribution >= 0.6 is 0 Å². The van der Waals surface area contributed by atoms with Gasteiger partial charge in [-0.05, 0) is 37.1 Å². The molecule has 0 radical (unpaired) electrons. The molecule has 5 heteroatoms. The van der Waals surface area contributed by atoms with Gasteiger partial charge in [0.1, 0.15) is 0 Å². The molecule has 2 aliphatic heterocycles. The van der Waals surface area contributed by atoms with Gasteiger partial charge in [-0.3, -0.25) is 4.90 Å². The lowest BCUT2D eigenvalue weighted by Gasteiger charge is -2.48. The van der Waals surface area contributed by atoms with Gasteiger partial charge in [-0.25, -0.2) is 0 Å². The Morgan fingerprint density at radius 2 is 2.00 bits per heavy atom. The lowest BCUT2D eigenvalue weighted by molar-refractivity contribution is 0.00298. The Bertz CT molecular complexity index is 584. The van der Waals surface area contributed by atoms with E-state index in [1.807, 2.05) is 6.07 Å². The van der Waals surface area contributed by atoms with Crippen LogP contribution in [0.4, 0.5) is 0 Å². The van der Waals surface area contributed by atoms with Crippen LogP contribution < -0.4 is 9.47 Å². The van der Waals surface area contributed by atoms with Gasteiger partial charge in [-0.15, -0.1) is 0 Å². The van der Waals surface area contributed by atoms with E-state index in [4.69, 9.17) is 9.47 Å². The highest BCUT2D eigenvalue weighted by Crippen LogP contribution is 2.42. The van der Waals surface area contributed by atoms with Crippen LogP contribution in [0, 0.1) is 11.3 Å². The van der Waals surface area contributed by atoms with Crippen molar-refractivity contribution in [2.45, 2.75) is 32.9 Å². The summed E-state index contributed by atoms with van der Waals surface area (Å²) < 4.78 is 11.3. The number of nitrogens with zero attached hydrogens (tertiary/aromatic N) is 2. The summed E-state index contributed by atoms with van der Waals surface area (Å²) in [5.41, 5.74) is 1.64. The van der Waals surface area contributed by atoms with Crippen LogP contribution in [0.3, 0.4) is 0 Å². The van der Waals surface area contributed by atoms with Crippen molar-refractivity contribution in [3.8, 4) is 11.5 Å². The smallest absolute Gasteiger partial charge is 0.161 e. The van der Waals surface area contributed by atoms with E-state index in [0.717, 1.165) is 44.1 Å². The number of benzene rings is 1. The first-order valence-electron chi connectivity index (χ1n) is 9.28. The summed E-state index contributed by atoms with van der Waals surface area (Å²) >= 11 is 0. The van der Waals surface area contributed by atoms with E-state index in [-0.39, 0.29) is 6.61 Å². The van der Waals surface area contributed by atoms with E-state index in [1.165, 1.54) is 5.56 Å². The topological polar surface area (TPSA) is 45.2 Å². The first-order chi connectivity index (χ1) is 11.9. The van der Waals surface area contributed by atoms with Gasteiger partial charge in [0, 0.05) is 37.6 Å². The fourth-order valence-corrected chi connectivity index (χ4v) is 4.27. The van der Waals surface area contributed by atoms with Crippen molar-refractivity contribution in [1.29, 1.82) is 0 Å². The van der Waals surface area contributed by atoms with Crippen LogP contribution in [-0.2, 0) is 6.54 Å². The van der Waals surface area contributed by atoms with Crippen molar-refractivity contribution < 1.29 is 14.6 Å². The van der Waals surface area contributed by atoms with Crippen molar-refractivity contribution >= 4 is 0 Å². The van der Waals surface area contributed by atoms with E-state index < -0.39 is 0 Å². The van der Waals surface area contributed by atoms with Gasteiger partial charge in [0.05, 0.1) is 20.3 Å². The Balaban J connectivity index is 1.56. The lowest BCUT2D eigenvalue weighted by Crippen LogP contribution is -2.56. The zero-order valence-electron chi connectivity index (χ0n) is 16.0. The minimum atomic E-state index is 0.271. The number of rotatable bonds is 7. The molecule has 2 aliphatic rings. The largest absolute Gasteiger partial charge is 0.493 e. The van der Waals surface area contributed by atoms with Gasteiger partial charge in [0.25, 0.3) is 0 Å². The molecule has 1 N–H and O–H groups in total. The molecule has 0 bridgehead atoms. The number of aliphatic hydroxyl groups excluding tert-OH is 1. The Morgan fingerprint density at radius 1 is 1.24 bits per heavy atom. The van der Waals surface area contributed by atoms with Crippen LogP contribution in [-0.4, -0.2) is 68.0 Å². The van der Waals surface area contributed by atoms with Crippen LogP contribution in [0.5, 0.6) is 11.5 Å². The number of hydrogen-bond donors (Lipinski definition) is 1. The zero-order valence-corrected chi connectivity index (χ0v) is 16.0. The van der Waals surface area contributed by atoms with Crippen molar-refractivity contribution in [1.82, 2.24) is 9.80 Å². The van der Waals surface area contributed by atoms with Crippen LogP contribution in [0.15, 0.2) is 18.2 Å². The van der Waals surface area contributed by atoms with Gasteiger partial charge in [0.15, 0.2) is 11.5 Å². The van der Waals surface area contributed by atoms with Crippen LogP contribution in [0.25, 0.3) is 0 Å². The fraction of sp³-hybridized carbons (Fsp3) is 0.700. The average molecular weight is 348 g/mol. The fourth-order valence-electron chi connectivity index (χ4n) is 4.27. The first kappa shape index (κ1) is 18.5. The van der Waals surface area contributed by atoms with Gasteiger partial charge >= 0.3 is 0 Å². The molecule has 0 aliphatic carbocycles. The number of methoxy groups -OCH3 is 1. The third-order valence-electron chi connectivity index (χ3n) is 5.41. The maximum atomic E-state index is 9.47. The highest BCUT2D eigenvalue weighted by atomic mass is 16.5. The van der Waals surface area contributed by atoms with E-state index in [0.29, 0.717) is 24.0 Å². The number of aliphatic hydroxyl groups is 1. The number of likely N-dealkylation sites (N-methyl/N-ethyl adjacent to an activating group) is 1. The molecule has 5 nitrogen and oxygen atoms in total. The second-order valence-electron chi connectivity index (χ2n) is 8.29. The van der Waals surface area contributed by atoms with Crippen LogP contribution in [0.2, 0.25) is 0 Å². The molecule has 0 amide bonds. The van der Waals surface area contributed by atoms with E-state index in [9.17, 15) is 5.11 Å². The molecule has 25 heavy (non-hydrogen) atoms. The van der Waals surface area contributed by atoms with Gasteiger partial charge in [-0.2, -0.15) is 0 Å². The molecular formula is C20H32N2O3. The molecule has 2 fully saturated rings. The molecule has 2 heterocycles. The zero-order chi connectivity index (χ0) is 18.0. The number of hydrogen-bond acceptors (Lipinski definition) is 5. The monoisotopic (exact) mass is 348 g/mol. The molecule has 1 aromatic carbocycles. The van der Waals surface area contributed by atoms with Crippen molar-refractivity contribution in [2.75, 3.05) is 47.0 Å². The Morgan fingerprint density at radius 3 is 2.60 bits per heavy atom. The molecule has 3 rings (SSSR count). The predicted molar refractivity (Wildman–Crippen MR) is 99.2 cm³/mol. The third kappa shape index (κ3) is 4.10. The standard InChI is InChI=1S/C20H32N2O3/c1-15(2)11-25-18-6-5-16(7-19(18)24-4)9-22-13-20(14-22)8-17(10-23)21(3)12-20/h5-7,15,17,23H,8-14H2,1-4H3. The predicted octanol–water partition coefficient (Wildman–Crippen LogP) is 2.23. The minimum absolute atomic E-state index is 0.271. The lowest BCUT2D eigenvalue weighted by atomic mass is 9.77. The molecule has 1 spiro atoms. The second kappa shape index (κ2) is 7.52. The van der Waals surface area contributed by atoms with E-state index in [1.54, 1.807) is 7.11 Å². The normalized spacial score (nSPS) is 23.2. The van der Waals surface area contributed by atoms with E-state index >= 15 is 0 Å². The molecule has 0 saturated carbocycles. The van der Waals surface area contributed by atoms with Crippen LogP contribution in [0.1, 0.15) is 25.8 Å². The summed E-state index contributed by atoms with van der Waals surface area (Å²) in [6.45, 7) is 9.52. The Labute approximate surface area is 151 Å². The van der Waals surface area contributed by atoms with Crippen molar-refractivity contribution in [3.63, 3.8) is 0 Å². The Hall–Kier alpha value is -1.30. The second-order valence-corrected chi connectivity index (χ2v) is 8.29. The first-order valence-corrected chi connectivity index (χ1v) is 9.28. The molecule has 1 atom stereocenters. The van der Waals surface area contributed by atoms with Crippen molar-refractivity contribution in [3.05, 3.63) is 23.8 Å². The molecule has 1 unspecified atom stereocenters. The quantitative estimate of drug-likeness (QED) is 0.819. The van der Waals surface area contributed by atoms with Gasteiger partial charge in [-0.1, -0.05) is 19.9 Å². The Kier molecular flexibility index (Phi) is 5.56. The summed E-state index contributed by atoms with van der Waals surface area (Å²) in [6, 6.07) is 6.59. The molecule has 0 aromatic heterocycles. The SMILES string of the molecule is COc1cc(CN2CC3(CC(CO)N(C)C3)C2)ccc1OCC(C)C. The minimum Gasteiger partial charge on any atom is -0.493 e. The maximum absolute atomic E-state index is 9.47. The maximum Gasteiger partial charge on any atom is 0.161 e. The summed E-state index contributed by atoms with van der Waals surface area (Å²) in [4.78, 5) is 4.79. The number of likely N-dealkylation sites (tertiary alicyclic amines) is 2. The molecule has 140 valence electrons. The van der Waals surface area contributed by atoms with Crippen molar-refractivity contribution in [2.24, 2.45) is 11.3 Å². The summed E-state index contributed by atoms with van der Waals surface area (Å²) in [5.74, 6) is 2.13. The highest BCUT2D eigenvalue weighted by Gasteiger charge is 2.49. The van der Waals surface area contributed by atoms with Gasteiger partial charge in [0.2, 0.25) is 0 Å².